The first-order valence-corrected chi connectivity index (χ1v) is 7.03. The molecule has 0 bridgehead atoms. The molecule has 1 rings (SSSR count). The van der Waals surface area contributed by atoms with Gasteiger partial charge in [-0.2, -0.15) is 0 Å². The highest BCUT2D eigenvalue weighted by Gasteiger charge is 2.25. The lowest BCUT2D eigenvalue weighted by molar-refractivity contribution is 0.574. The standard InChI is InChI=1S/C6H14NOP.C2H6/c1-9(2,8)6-3-4-7-5-6;1-2/h6-7H,3-5H2,1-2H3;1-2H3. The van der Waals surface area contributed by atoms with E-state index >= 15 is 0 Å². The highest BCUT2D eigenvalue weighted by molar-refractivity contribution is 7.63. The molecule has 1 aliphatic rings. The van der Waals surface area contributed by atoms with E-state index in [0.29, 0.717) is 5.66 Å². The van der Waals surface area contributed by atoms with E-state index in [1.165, 1.54) is 0 Å². The molecule has 0 spiro atoms. The van der Waals surface area contributed by atoms with Crippen molar-refractivity contribution in [1.82, 2.24) is 5.32 Å². The predicted molar refractivity (Wildman–Crippen MR) is 52.1 cm³/mol. The average molecular weight is 177 g/mol. The Morgan fingerprint density at radius 1 is 1.36 bits per heavy atom. The van der Waals surface area contributed by atoms with Gasteiger partial charge in [-0.15, -0.1) is 0 Å². The van der Waals surface area contributed by atoms with Crippen molar-refractivity contribution in [2.75, 3.05) is 26.4 Å². The van der Waals surface area contributed by atoms with Crippen molar-refractivity contribution < 1.29 is 4.57 Å². The Morgan fingerprint density at radius 3 is 2.09 bits per heavy atom. The van der Waals surface area contributed by atoms with Crippen LogP contribution in [0.25, 0.3) is 0 Å². The summed E-state index contributed by atoms with van der Waals surface area (Å²) in [6.45, 7) is 9.77. The molecule has 2 nitrogen and oxygen atoms in total. The second-order valence-corrected chi connectivity index (χ2v) is 6.68. The van der Waals surface area contributed by atoms with Gasteiger partial charge in [0, 0.05) is 12.2 Å². The lowest BCUT2D eigenvalue weighted by atomic mass is 10.4. The molecule has 1 saturated heterocycles. The molecule has 0 saturated carbocycles. The second-order valence-electron chi connectivity index (χ2n) is 3.08. The van der Waals surface area contributed by atoms with Crippen molar-refractivity contribution in [1.29, 1.82) is 0 Å². The lowest BCUT2D eigenvalue weighted by Crippen LogP contribution is -2.12. The largest absolute Gasteiger partial charge is 0.324 e. The van der Waals surface area contributed by atoms with Gasteiger partial charge in [-0.3, -0.25) is 0 Å². The van der Waals surface area contributed by atoms with Gasteiger partial charge in [-0.1, -0.05) is 13.8 Å². The molecule has 1 aliphatic heterocycles. The van der Waals surface area contributed by atoms with Gasteiger partial charge in [0.2, 0.25) is 0 Å². The summed E-state index contributed by atoms with van der Waals surface area (Å²) < 4.78 is 11.4. The van der Waals surface area contributed by atoms with Gasteiger partial charge < -0.3 is 9.88 Å². The Morgan fingerprint density at radius 2 is 1.91 bits per heavy atom. The maximum Gasteiger partial charge on any atom is 0.0861 e. The molecule has 0 aliphatic carbocycles. The SMILES string of the molecule is CC.CP(C)(=O)C1CCNC1. The summed E-state index contributed by atoms with van der Waals surface area (Å²) in [5.41, 5.74) is 0.456. The second kappa shape index (κ2) is 4.95. The molecule has 3 heteroatoms. The minimum atomic E-state index is -1.78. The van der Waals surface area contributed by atoms with Gasteiger partial charge >= 0.3 is 0 Å². The van der Waals surface area contributed by atoms with Crippen molar-refractivity contribution in [3.8, 4) is 0 Å². The molecular weight excluding hydrogens is 157 g/mol. The Hall–Kier alpha value is 0.190. The molecular formula is C8H20NOP. The van der Waals surface area contributed by atoms with E-state index < -0.39 is 7.14 Å². The first-order chi connectivity index (χ1) is 5.11. The zero-order chi connectivity index (χ0) is 8.91. The molecule has 0 amide bonds. The third-order valence-electron chi connectivity index (χ3n) is 1.91. The first-order valence-electron chi connectivity index (χ1n) is 4.36. The Labute approximate surface area is 70.1 Å². The fourth-order valence-electron chi connectivity index (χ4n) is 1.17. The smallest absolute Gasteiger partial charge is 0.0861 e. The highest BCUT2D eigenvalue weighted by atomic mass is 31.2. The van der Waals surface area contributed by atoms with Crippen LogP contribution in [0, 0.1) is 0 Å². The van der Waals surface area contributed by atoms with E-state index in [1.807, 2.05) is 27.2 Å². The molecule has 11 heavy (non-hydrogen) atoms. The summed E-state index contributed by atoms with van der Waals surface area (Å²) in [4.78, 5) is 0. The molecule has 0 aromatic heterocycles. The van der Waals surface area contributed by atoms with Crippen LogP contribution >= 0.6 is 7.14 Å². The van der Waals surface area contributed by atoms with Crippen LogP contribution < -0.4 is 5.32 Å². The zero-order valence-corrected chi connectivity index (χ0v) is 8.95. The fourth-order valence-corrected chi connectivity index (χ4v) is 2.49. The van der Waals surface area contributed by atoms with Crippen molar-refractivity contribution in [3.63, 3.8) is 0 Å². The van der Waals surface area contributed by atoms with E-state index in [2.05, 4.69) is 5.32 Å². The molecule has 0 radical (unpaired) electrons. The Balaban J connectivity index is 0.000000461. The monoisotopic (exact) mass is 177 g/mol. The van der Waals surface area contributed by atoms with E-state index in [-0.39, 0.29) is 0 Å². The van der Waals surface area contributed by atoms with Crippen molar-refractivity contribution in [2.45, 2.75) is 25.9 Å². The normalized spacial score (nSPS) is 24.2. The minimum absolute atomic E-state index is 0.456. The third kappa shape index (κ3) is 3.93. The topological polar surface area (TPSA) is 29.1 Å². The number of hydrogen-bond donors (Lipinski definition) is 1. The molecule has 1 fully saturated rings. The van der Waals surface area contributed by atoms with Crippen LogP contribution in [-0.4, -0.2) is 32.1 Å². The summed E-state index contributed by atoms with van der Waals surface area (Å²) in [6.07, 6.45) is 1.10. The van der Waals surface area contributed by atoms with Crippen LogP contribution in [-0.2, 0) is 4.57 Å². The molecule has 1 heterocycles. The number of nitrogens with one attached hydrogen (secondary N) is 1. The van der Waals surface area contributed by atoms with Crippen molar-refractivity contribution in [2.24, 2.45) is 0 Å². The van der Waals surface area contributed by atoms with Crippen LogP contribution in [0.2, 0.25) is 0 Å². The van der Waals surface area contributed by atoms with E-state index in [0.717, 1.165) is 19.5 Å². The van der Waals surface area contributed by atoms with Gasteiger partial charge in [0.1, 0.15) is 0 Å². The summed E-state index contributed by atoms with van der Waals surface area (Å²) in [7, 11) is -1.78. The molecule has 1 unspecified atom stereocenters. The van der Waals surface area contributed by atoms with E-state index in [9.17, 15) is 4.57 Å². The van der Waals surface area contributed by atoms with Crippen LogP contribution in [0.5, 0.6) is 0 Å². The van der Waals surface area contributed by atoms with Crippen molar-refractivity contribution in [3.05, 3.63) is 0 Å². The maximum atomic E-state index is 11.4. The van der Waals surface area contributed by atoms with Crippen LogP contribution in [0.3, 0.4) is 0 Å². The Bertz CT molecular complexity index is 135. The summed E-state index contributed by atoms with van der Waals surface area (Å²) in [5.74, 6) is 0. The van der Waals surface area contributed by atoms with Gasteiger partial charge in [0.05, 0.1) is 7.14 Å². The van der Waals surface area contributed by atoms with Gasteiger partial charge in [0.15, 0.2) is 0 Å². The van der Waals surface area contributed by atoms with Crippen molar-refractivity contribution >= 4 is 7.14 Å². The quantitative estimate of drug-likeness (QED) is 0.621. The van der Waals surface area contributed by atoms with E-state index in [1.54, 1.807) is 0 Å². The zero-order valence-electron chi connectivity index (χ0n) is 8.05. The molecule has 0 aromatic rings. The lowest BCUT2D eigenvalue weighted by Gasteiger charge is -2.12. The molecule has 0 aromatic carbocycles. The van der Waals surface area contributed by atoms with Crippen LogP contribution in [0.15, 0.2) is 0 Å². The number of hydrogen-bond acceptors (Lipinski definition) is 2. The summed E-state index contributed by atoms with van der Waals surface area (Å²) in [6, 6.07) is 0. The fraction of sp³-hybridized carbons (Fsp3) is 1.00. The average Bonchev–Trinajstić information content (AvgIpc) is 2.40. The van der Waals surface area contributed by atoms with Crippen LogP contribution in [0.1, 0.15) is 20.3 Å². The van der Waals surface area contributed by atoms with Gasteiger partial charge in [0.25, 0.3) is 0 Å². The number of rotatable bonds is 1. The molecule has 68 valence electrons. The third-order valence-corrected chi connectivity index (χ3v) is 4.11. The predicted octanol–water partition coefficient (Wildman–Crippen LogP) is 2.00. The van der Waals surface area contributed by atoms with Crippen LogP contribution in [0.4, 0.5) is 0 Å². The molecule has 1 atom stereocenters. The maximum absolute atomic E-state index is 11.4. The minimum Gasteiger partial charge on any atom is -0.324 e. The van der Waals surface area contributed by atoms with Gasteiger partial charge in [-0.25, -0.2) is 0 Å². The van der Waals surface area contributed by atoms with Gasteiger partial charge in [-0.05, 0) is 26.3 Å². The summed E-state index contributed by atoms with van der Waals surface area (Å²) >= 11 is 0. The Kier molecular flexibility index (Phi) is 5.03. The first kappa shape index (κ1) is 11.2. The van der Waals surface area contributed by atoms with E-state index in [4.69, 9.17) is 0 Å². The molecule has 1 N–H and O–H groups in total. The highest BCUT2D eigenvalue weighted by Crippen LogP contribution is 2.44. The summed E-state index contributed by atoms with van der Waals surface area (Å²) in [5, 5.41) is 3.21.